The van der Waals surface area contributed by atoms with Gasteiger partial charge in [-0.15, -0.1) is 0 Å². The Labute approximate surface area is 241 Å². The van der Waals surface area contributed by atoms with Crippen molar-refractivity contribution in [3.8, 4) is 0 Å². The van der Waals surface area contributed by atoms with E-state index < -0.39 is 24.4 Å². The first kappa shape index (κ1) is 35.0. The van der Waals surface area contributed by atoms with E-state index in [-0.39, 0.29) is 6.61 Å². The number of alkyl halides is 1. The Morgan fingerprint density at radius 3 is 1.79 bits per heavy atom. The van der Waals surface area contributed by atoms with Crippen LogP contribution in [0.15, 0.2) is 0 Å². The molecule has 0 radical (unpaired) electrons. The van der Waals surface area contributed by atoms with Gasteiger partial charge >= 0.3 is 12.2 Å². The maximum atomic E-state index is 12.3. The lowest BCUT2D eigenvalue weighted by atomic mass is 10.0. The summed E-state index contributed by atoms with van der Waals surface area (Å²) < 4.78 is 16.6. The zero-order chi connectivity index (χ0) is 27.5. The highest BCUT2D eigenvalue weighted by atomic mass is 79.9. The summed E-state index contributed by atoms with van der Waals surface area (Å²) in [7, 11) is 0. The van der Waals surface area contributed by atoms with Crippen LogP contribution in [0, 0.1) is 0 Å². The van der Waals surface area contributed by atoms with Crippen LogP contribution in [0.5, 0.6) is 0 Å². The molecule has 38 heavy (non-hydrogen) atoms. The summed E-state index contributed by atoms with van der Waals surface area (Å²) in [4.78, 5) is 24.2. The zero-order valence-corrected chi connectivity index (χ0v) is 25.8. The highest BCUT2D eigenvalue weighted by Gasteiger charge is 2.30. The van der Waals surface area contributed by atoms with Crippen molar-refractivity contribution in [3.63, 3.8) is 0 Å². The molecule has 8 heteroatoms. The molecule has 0 aromatic rings. The van der Waals surface area contributed by atoms with Gasteiger partial charge in [0.2, 0.25) is 0 Å². The van der Waals surface area contributed by atoms with Crippen molar-refractivity contribution < 1.29 is 23.8 Å². The van der Waals surface area contributed by atoms with Crippen molar-refractivity contribution in [1.29, 1.82) is 0 Å². The molecule has 0 unspecified atom stereocenters. The second-order valence-corrected chi connectivity index (χ2v) is 11.4. The molecule has 1 saturated heterocycles. The highest BCUT2D eigenvalue weighted by molar-refractivity contribution is 9.09. The lowest BCUT2D eigenvalue weighted by molar-refractivity contribution is -0.0985. The van der Waals surface area contributed by atoms with Gasteiger partial charge in [-0.1, -0.05) is 119 Å². The van der Waals surface area contributed by atoms with Crippen LogP contribution in [0.2, 0.25) is 0 Å². The Kier molecular flexibility index (Phi) is 24.2. The minimum Gasteiger partial charge on any atom is -0.447 e. The fourth-order valence-electron chi connectivity index (χ4n) is 4.76. The molecule has 0 aromatic heterocycles. The lowest BCUT2D eigenvalue weighted by Crippen LogP contribution is -2.44. The normalized spacial score (nSPS) is 17.2. The summed E-state index contributed by atoms with van der Waals surface area (Å²) in [5.74, 6) is 0. The van der Waals surface area contributed by atoms with E-state index >= 15 is 0 Å². The molecule has 0 aromatic carbocycles. The quantitative estimate of drug-likeness (QED) is 0.0852. The smallest absolute Gasteiger partial charge is 0.407 e. The number of alkyl carbamates (subject to hydrolysis) is 2. The number of carbonyl (C=O) groups excluding carboxylic acids is 2. The van der Waals surface area contributed by atoms with E-state index in [1.807, 2.05) is 0 Å². The molecule has 0 aliphatic carbocycles. The zero-order valence-electron chi connectivity index (χ0n) is 24.3. The van der Waals surface area contributed by atoms with E-state index in [0.717, 1.165) is 43.9 Å². The van der Waals surface area contributed by atoms with Crippen molar-refractivity contribution in [2.24, 2.45) is 0 Å². The summed E-state index contributed by atoms with van der Waals surface area (Å²) in [5, 5.41) is 6.60. The Morgan fingerprint density at radius 2 is 1.24 bits per heavy atom. The molecule has 1 heterocycles. The molecule has 0 bridgehead atoms. The number of amides is 2. The van der Waals surface area contributed by atoms with Gasteiger partial charge in [-0.25, -0.2) is 9.59 Å². The number of halogens is 1. The van der Waals surface area contributed by atoms with Gasteiger partial charge in [-0.05, 0) is 32.1 Å². The maximum Gasteiger partial charge on any atom is 0.407 e. The molecule has 2 atom stereocenters. The second kappa shape index (κ2) is 26.2. The van der Waals surface area contributed by atoms with Crippen LogP contribution in [0.1, 0.15) is 135 Å². The summed E-state index contributed by atoms with van der Waals surface area (Å²) in [6.45, 7) is 4.17. The fourth-order valence-corrected chi connectivity index (χ4v) is 5.16. The number of hydrogen-bond donors (Lipinski definition) is 2. The average molecular weight is 606 g/mol. The molecular weight excluding hydrogens is 548 g/mol. The number of ether oxygens (including phenoxy) is 3. The molecule has 0 saturated carbocycles. The van der Waals surface area contributed by atoms with E-state index in [2.05, 4.69) is 33.5 Å². The van der Waals surface area contributed by atoms with Gasteiger partial charge in [-0.2, -0.15) is 0 Å². The Bertz CT molecular complexity index is 567. The van der Waals surface area contributed by atoms with Crippen molar-refractivity contribution in [1.82, 2.24) is 10.6 Å². The lowest BCUT2D eigenvalue weighted by Gasteiger charge is -2.30. The maximum absolute atomic E-state index is 12.3. The molecule has 2 amide bonds. The van der Waals surface area contributed by atoms with Gasteiger partial charge in [-0.3, -0.25) is 0 Å². The van der Waals surface area contributed by atoms with Gasteiger partial charge in [0.25, 0.3) is 0 Å². The molecule has 2 N–H and O–H groups in total. The van der Waals surface area contributed by atoms with Crippen LogP contribution in [0.3, 0.4) is 0 Å². The minimum absolute atomic E-state index is 0.0875. The van der Waals surface area contributed by atoms with Crippen molar-refractivity contribution in [3.05, 3.63) is 0 Å². The summed E-state index contributed by atoms with van der Waals surface area (Å²) in [6.07, 6.45) is 22.8. The largest absolute Gasteiger partial charge is 0.447 e. The van der Waals surface area contributed by atoms with Crippen molar-refractivity contribution in [2.45, 2.75) is 148 Å². The van der Waals surface area contributed by atoms with Crippen molar-refractivity contribution >= 4 is 28.1 Å². The van der Waals surface area contributed by atoms with E-state index in [1.54, 1.807) is 0 Å². The average Bonchev–Trinajstić information content (AvgIpc) is 2.92. The van der Waals surface area contributed by atoms with Gasteiger partial charge < -0.3 is 24.8 Å². The van der Waals surface area contributed by atoms with Gasteiger partial charge in [0, 0.05) is 25.0 Å². The number of rotatable bonds is 24. The molecule has 1 fully saturated rings. The molecule has 0 spiro atoms. The van der Waals surface area contributed by atoms with Crippen molar-refractivity contribution in [2.75, 3.05) is 31.6 Å². The summed E-state index contributed by atoms with van der Waals surface area (Å²) >= 11 is 3.40. The third-order valence-electron chi connectivity index (χ3n) is 7.15. The molecule has 1 rings (SSSR count). The first-order valence-corrected chi connectivity index (χ1v) is 16.8. The fraction of sp³-hybridized carbons (Fsp3) is 0.933. The Hall–Kier alpha value is -1.02. The first-order chi connectivity index (χ1) is 18.7. The predicted molar refractivity (Wildman–Crippen MR) is 159 cm³/mol. The first-order valence-electron chi connectivity index (χ1n) is 15.7. The van der Waals surface area contributed by atoms with Gasteiger partial charge in [0.05, 0.1) is 0 Å². The topological polar surface area (TPSA) is 85.9 Å². The van der Waals surface area contributed by atoms with Crippen LogP contribution in [0.4, 0.5) is 9.59 Å². The van der Waals surface area contributed by atoms with Crippen LogP contribution in [-0.2, 0) is 14.2 Å². The standard InChI is InChI=1S/C30H57BrN2O5/c1-2-3-4-5-6-7-8-9-10-11-12-13-14-15-18-24-33-30(35)38-27-21-20-25-36-28(27)26-37-29(34)32-23-19-16-17-22-31/h27-28H,2-26H2,1H3,(H,32,34)(H,33,35)/t27-,28+/m0/s1. The predicted octanol–water partition coefficient (Wildman–Crippen LogP) is 8.42. The summed E-state index contributed by atoms with van der Waals surface area (Å²) in [5.41, 5.74) is 0. The van der Waals surface area contributed by atoms with E-state index in [1.165, 1.54) is 83.5 Å². The number of hydrogen-bond acceptors (Lipinski definition) is 5. The van der Waals surface area contributed by atoms with Crippen LogP contribution >= 0.6 is 15.9 Å². The SMILES string of the molecule is CCCCCCCCCCCCCCCCCNC(=O)O[C@H]1CCCO[C@@H]1COC(=O)NCCCCCBr. The molecular formula is C30H57BrN2O5. The molecule has 224 valence electrons. The van der Waals surface area contributed by atoms with E-state index in [0.29, 0.717) is 26.1 Å². The van der Waals surface area contributed by atoms with Gasteiger partial charge in [0.15, 0.2) is 0 Å². The molecule has 1 aliphatic rings. The minimum atomic E-state index is -0.450. The Morgan fingerprint density at radius 1 is 0.737 bits per heavy atom. The monoisotopic (exact) mass is 604 g/mol. The van der Waals surface area contributed by atoms with Crippen LogP contribution in [-0.4, -0.2) is 56.0 Å². The third-order valence-corrected chi connectivity index (χ3v) is 7.71. The second-order valence-electron chi connectivity index (χ2n) is 10.6. The van der Waals surface area contributed by atoms with Crippen LogP contribution in [0.25, 0.3) is 0 Å². The van der Waals surface area contributed by atoms with Crippen LogP contribution < -0.4 is 10.6 Å². The number of nitrogens with one attached hydrogen (secondary N) is 2. The highest BCUT2D eigenvalue weighted by Crippen LogP contribution is 2.18. The number of unbranched alkanes of at least 4 members (excludes halogenated alkanes) is 16. The molecule has 1 aliphatic heterocycles. The van der Waals surface area contributed by atoms with E-state index in [4.69, 9.17) is 14.2 Å². The third kappa shape index (κ3) is 20.9. The Balaban J connectivity index is 1.98. The van der Waals surface area contributed by atoms with E-state index in [9.17, 15) is 9.59 Å². The van der Waals surface area contributed by atoms with Gasteiger partial charge in [0.1, 0.15) is 18.8 Å². The molecule has 7 nitrogen and oxygen atoms in total. The summed E-state index contributed by atoms with van der Waals surface area (Å²) in [6, 6.07) is 0. The number of carbonyl (C=O) groups is 2.